The summed E-state index contributed by atoms with van der Waals surface area (Å²) in [5.74, 6) is -2.05. The number of hydrogen-bond acceptors (Lipinski definition) is 16. The lowest BCUT2D eigenvalue weighted by Crippen LogP contribution is -2.09. The third kappa shape index (κ3) is 22.4. The van der Waals surface area contributed by atoms with Crippen LogP contribution in [0.1, 0.15) is 164 Å². The van der Waals surface area contributed by atoms with Gasteiger partial charge in [0.1, 0.15) is 35.9 Å². The van der Waals surface area contributed by atoms with Gasteiger partial charge in [-0.15, -0.1) is 0 Å². The predicted octanol–water partition coefficient (Wildman–Crippen LogP) is 20.4. The van der Waals surface area contributed by atoms with Gasteiger partial charge < -0.3 is 37.9 Å². The van der Waals surface area contributed by atoms with Crippen molar-refractivity contribution >= 4 is 47.8 Å². The van der Waals surface area contributed by atoms with E-state index in [1.807, 2.05) is 86.6 Å². The van der Waals surface area contributed by atoms with E-state index < -0.39 is 23.9 Å². The van der Waals surface area contributed by atoms with E-state index >= 15 is 0 Å². The van der Waals surface area contributed by atoms with Gasteiger partial charge in [-0.05, 0) is 261 Å². The molecule has 0 fully saturated rings. The number of hydrogen-bond donors (Lipinski definition) is 0. The van der Waals surface area contributed by atoms with Crippen molar-refractivity contribution in [2.24, 2.45) is 0 Å². The molecule has 8 aromatic carbocycles. The van der Waals surface area contributed by atoms with Crippen LogP contribution in [0.5, 0.6) is 11.5 Å². The van der Waals surface area contributed by atoms with Crippen LogP contribution in [-0.2, 0) is 105 Å². The quantitative estimate of drug-likeness (QED) is 0.0162. The Balaban J connectivity index is 0.000000173. The molecule has 0 spiro atoms. The van der Waals surface area contributed by atoms with Gasteiger partial charge >= 0.3 is 47.8 Å². The van der Waals surface area contributed by atoms with Crippen molar-refractivity contribution in [2.75, 3.05) is 13.2 Å². The second kappa shape index (κ2) is 39.9. The largest absolute Gasteiger partial charge is 0.463 e. The van der Waals surface area contributed by atoms with Crippen LogP contribution >= 0.6 is 0 Å². The van der Waals surface area contributed by atoms with Gasteiger partial charge in [-0.3, -0.25) is 0 Å². The molecule has 0 bridgehead atoms. The Kier molecular flexibility index (Phi) is 29.8. The van der Waals surface area contributed by atoms with Gasteiger partial charge in [0.15, 0.2) is 0 Å². The van der Waals surface area contributed by atoms with Crippen LogP contribution in [0.2, 0.25) is 0 Å². The average Bonchev–Trinajstić information content (AvgIpc) is 1.89. The van der Waals surface area contributed by atoms with E-state index in [9.17, 15) is 38.4 Å². The number of fused-ring (bicyclic) bond motifs is 4. The summed E-state index contributed by atoms with van der Waals surface area (Å²) in [6.45, 7) is 41.3. The molecule has 0 saturated heterocycles. The molecule has 0 N–H and O–H groups in total. The Morgan fingerprint density at radius 2 is 0.717 bits per heavy atom. The maximum absolute atomic E-state index is 11.9. The number of rotatable bonds is 26. The highest BCUT2D eigenvalue weighted by Crippen LogP contribution is 2.45. The highest BCUT2D eigenvalue weighted by Gasteiger charge is 2.32. The molecular weight excluding hydrogens is 1420 g/mol. The molecule has 4 aliphatic carbocycles. The molecule has 16 nitrogen and oxygen atoms in total. The Labute approximate surface area is 662 Å². The Bertz CT molecular complexity index is 5020. The number of esters is 8. The number of benzene rings is 8. The fourth-order valence-electron chi connectivity index (χ4n) is 13.9. The van der Waals surface area contributed by atoms with Crippen molar-refractivity contribution in [3.8, 4) is 56.0 Å². The van der Waals surface area contributed by atoms with Crippen molar-refractivity contribution in [3.05, 3.63) is 323 Å². The standard InChI is InChI=1S/C26H28O4.C25H26O4.2C23H22O4/c1-17(2)25(27)29-16-6-7-19-10-12-20(13-11-19)21-8-5-9-23-22(21)14-15-24(23)30-26(28)18(3)4;1-4-24(26)28-16-6-7-18-10-12-19(13-11-18)20-8-5-9-22-21(20)14-15-23(22)29-25(27)17(2)3;1-5-22(24)26-21-12-10-18-17(7-6-8-19(18)21)16-9-11-20(15(4)13-16)27-23(25)14(2)3;1-5-22(24)27-21-12-11-19-18(7-6-8-20(19)21)17-10-9-16(13-15(17)4)26-23(25)14(2)3/h5,8-13,24H,1,3,6-7,14-16H2,2,4H3;4-5,8-13,23H,1-2,6-7,14-16H2,3H3;5-9,11,13,21H,1-2,10,12H2,3-4H3;5-10,13,21H,1-2,11-12H2,3-4H3. The first-order valence-corrected chi connectivity index (χ1v) is 37.8. The Morgan fingerprint density at radius 3 is 1.11 bits per heavy atom. The van der Waals surface area contributed by atoms with Crippen LogP contribution in [0, 0.1) is 13.8 Å². The summed E-state index contributed by atoms with van der Waals surface area (Å²) in [6.07, 6.45) is 12.5. The smallest absolute Gasteiger partial charge is 0.338 e. The zero-order valence-electron chi connectivity index (χ0n) is 65.6. The molecule has 4 atom stereocenters. The molecule has 0 heterocycles. The average molecular weight is 1520 g/mol. The molecule has 4 aliphatic rings. The summed E-state index contributed by atoms with van der Waals surface area (Å²) in [5.41, 5.74) is 24.4. The summed E-state index contributed by atoms with van der Waals surface area (Å²) < 4.78 is 43.0. The molecule has 0 aliphatic heterocycles. The highest BCUT2D eigenvalue weighted by atomic mass is 16.6. The monoisotopic (exact) mass is 1520 g/mol. The molecule has 4 unspecified atom stereocenters. The minimum atomic E-state index is -0.436. The van der Waals surface area contributed by atoms with Crippen LogP contribution < -0.4 is 9.47 Å². The van der Waals surface area contributed by atoms with Gasteiger partial charge in [-0.2, -0.15) is 0 Å². The zero-order valence-corrected chi connectivity index (χ0v) is 65.6. The second-order valence-electron chi connectivity index (χ2n) is 28.4. The summed E-state index contributed by atoms with van der Waals surface area (Å²) in [5, 5.41) is 0. The fraction of sp³-hybridized carbons (Fsp3) is 0.258. The van der Waals surface area contributed by atoms with Crippen molar-refractivity contribution < 1.29 is 76.3 Å². The van der Waals surface area contributed by atoms with Crippen LogP contribution in [0.4, 0.5) is 0 Å². The van der Waals surface area contributed by atoms with E-state index in [4.69, 9.17) is 37.9 Å². The maximum Gasteiger partial charge on any atom is 0.338 e. The maximum atomic E-state index is 11.9. The predicted molar refractivity (Wildman–Crippen MR) is 440 cm³/mol. The summed E-state index contributed by atoms with van der Waals surface area (Å²) in [7, 11) is 0. The van der Waals surface area contributed by atoms with Gasteiger partial charge in [0, 0.05) is 46.1 Å². The first-order valence-electron chi connectivity index (χ1n) is 37.8. The van der Waals surface area contributed by atoms with Gasteiger partial charge in [-0.1, -0.05) is 186 Å². The molecule has 113 heavy (non-hydrogen) atoms. The lowest BCUT2D eigenvalue weighted by Gasteiger charge is -2.15. The number of carbonyl (C=O) groups excluding carboxylic acids is 8. The summed E-state index contributed by atoms with van der Waals surface area (Å²) in [6, 6.07) is 52.7. The van der Waals surface area contributed by atoms with E-state index in [-0.39, 0.29) is 48.3 Å². The molecule has 12 rings (SSSR count). The number of aryl methyl sites for hydroxylation is 4. The molecular formula is C97H98O16. The lowest BCUT2D eigenvalue weighted by atomic mass is 9.93. The van der Waals surface area contributed by atoms with E-state index in [0.29, 0.717) is 52.6 Å². The minimum absolute atomic E-state index is 0.202. The van der Waals surface area contributed by atoms with E-state index in [1.54, 1.807) is 46.8 Å². The molecule has 8 aromatic rings. The van der Waals surface area contributed by atoms with Crippen molar-refractivity contribution in [2.45, 2.75) is 150 Å². The van der Waals surface area contributed by atoms with Gasteiger partial charge in [0.25, 0.3) is 0 Å². The SMILES string of the molecule is C=C(C)C(=O)OCCCc1ccc(-c2cccc3c2CCC3OC(=O)C(=C)C)cc1.C=CC(=O)OC1CCc2c(-c3ccc(OC(=O)C(=C)C)c(C)c3)cccc21.C=CC(=O)OC1CCc2c(-c3ccc(OC(=O)C(=C)C)cc3C)cccc21.C=CC(=O)OCCCc1ccc(-c2cccc3c2CCC3OC(=O)C(=C)C)cc1. The van der Waals surface area contributed by atoms with Crippen LogP contribution in [-0.4, -0.2) is 61.0 Å². The topological polar surface area (TPSA) is 210 Å². The number of ether oxygens (including phenoxy) is 8. The fourth-order valence-corrected chi connectivity index (χ4v) is 13.9. The third-order valence-electron chi connectivity index (χ3n) is 19.7. The molecule has 16 heteroatoms. The highest BCUT2D eigenvalue weighted by molar-refractivity contribution is 5.91. The van der Waals surface area contributed by atoms with Gasteiger partial charge in [0.2, 0.25) is 0 Å². The van der Waals surface area contributed by atoms with E-state index in [0.717, 1.165) is 144 Å². The lowest BCUT2D eigenvalue weighted by molar-refractivity contribution is -0.145. The molecule has 0 aromatic heterocycles. The van der Waals surface area contributed by atoms with Gasteiger partial charge in [-0.25, -0.2) is 38.4 Å². The van der Waals surface area contributed by atoms with Crippen LogP contribution in [0.3, 0.4) is 0 Å². The van der Waals surface area contributed by atoms with Gasteiger partial charge in [0.05, 0.1) is 13.2 Å². The van der Waals surface area contributed by atoms with Crippen LogP contribution in [0.15, 0.2) is 256 Å². The van der Waals surface area contributed by atoms with E-state index in [1.165, 1.54) is 62.7 Å². The first-order chi connectivity index (χ1) is 54.2. The summed E-state index contributed by atoms with van der Waals surface area (Å²) >= 11 is 0. The van der Waals surface area contributed by atoms with E-state index in [2.05, 4.69) is 125 Å². The first kappa shape index (κ1) is 84.5. The molecule has 0 saturated carbocycles. The molecule has 582 valence electrons. The Morgan fingerprint density at radius 1 is 0.354 bits per heavy atom. The molecule has 0 radical (unpaired) electrons. The Hall–Kier alpha value is -12.6. The summed E-state index contributed by atoms with van der Waals surface area (Å²) in [4.78, 5) is 92.9. The normalized spacial score (nSPS) is 14.8. The minimum Gasteiger partial charge on any atom is -0.463 e. The van der Waals surface area contributed by atoms with Crippen LogP contribution in [0.25, 0.3) is 44.5 Å². The van der Waals surface area contributed by atoms with Crippen molar-refractivity contribution in [1.29, 1.82) is 0 Å². The second-order valence-corrected chi connectivity index (χ2v) is 28.4. The third-order valence-corrected chi connectivity index (χ3v) is 19.7. The van der Waals surface area contributed by atoms with Crippen molar-refractivity contribution in [1.82, 2.24) is 0 Å². The number of carbonyl (C=O) groups is 8. The zero-order chi connectivity index (χ0) is 81.6. The molecule has 0 amide bonds. The van der Waals surface area contributed by atoms with Crippen molar-refractivity contribution in [3.63, 3.8) is 0 Å².